The normalized spacial score (nSPS) is 20.5. The van der Waals surface area contributed by atoms with Crippen LogP contribution in [0, 0.1) is 12.8 Å². The molecule has 1 aliphatic carbocycles. The van der Waals surface area contributed by atoms with Gasteiger partial charge in [-0.1, -0.05) is 12.1 Å². The Morgan fingerprint density at radius 3 is 2.88 bits per heavy atom. The highest BCUT2D eigenvalue weighted by atomic mass is 16.3. The van der Waals surface area contributed by atoms with Gasteiger partial charge in [0, 0.05) is 36.7 Å². The van der Waals surface area contributed by atoms with E-state index in [9.17, 15) is 9.90 Å². The smallest absolute Gasteiger partial charge is 0.271 e. The summed E-state index contributed by atoms with van der Waals surface area (Å²) in [6.45, 7) is 2.00. The molecule has 0 unspecified atom stereocenters. The fraction of sp³-hybridized carbons (Fsp3) is 0.350. The quantitative estimate of drug-likeness (QED) is 0.739. The number of aryl methyl sites for hydroxylation is 1. The van der Waals surface area contributed by atoms with E-state index in [1.165, 1.54) is 0 Å². The van der Waals surface area contributed by atoms with Crippen LogP contribution in [0.5, 0.6) is 0 Å². The molecule has 1 amide bonds. The fourth-order valence-corrected chi connectivity index (χ4v) is 3.49. The molecule has 3 aromatic heterocycles. The zero-order valence-corrected chi connectivity index (χ0v) is 14.7. The highest BCUT2D eigenvalue weighted by Gasteiger charge is 2.35. The molecule has 0 saturated heterocycles. The third-order valence-electron chi connectivity index (χ3n) is 5.02. The van der Waals surface area contributed by atoms with Crippen LogP contribution in [0.25, 0.3) is 5.65 Å². The number of imidazole rings is 1. The van der Waals surface area contributed by atoms with Gasteiger partial charge in [-0.2, -0.15) is 0 Å². The molecule has 1 atom stereocenters. The second-order valence-electron chi connectivity index (χ2n) is 7.09. The van der Waals surface area contributed by atoms with Crippen molar-refractivity contribution in [2.24, 2.45) is 5.92 Å². The maximum Gasteiger partial charge on any atom is 0.271 e. The summed E-state index contributed by atoms with van der Waals surface area (Å²) in [6.07, 6.45) is 7.27. The molecule has 1 fully saturated rings. The van der Waals surface area contributed by atoms with Gasteiger partial charge in [-0.15, -0.1) is 0 Å². The lowest BCUT2D eigenvalue weighted by Gasteiger charge is -2.37. The zero-order valence-electron chi connectivity index (χ0n) is 14.7. The molecule has 1 aliphatic rings. The van der Waals surface area contributed by atoms with Crippen molar-refractivity contribution in [1.29, 1.82) is 0 Å². The molecule has 0 radical (unpaired) electrons. The molecule has 3 aromatic rings. The van der Waals surface area contributed by atoms with Crippen molar-refractivity contribution in [1.82, 2.24) is 19.7 Å². The summed E-state index contributed by atoms with van der Waals surface area (Å²) in [5.41, 5.74) is 3.20. The highest BCUT2D eigenvalue weighted by Crippen LogP contribution is 2.31. The number of nitrogens with one attached hydrogen (secondary N) is 1. The van der Waals surface area contributed by atoms with Crippen molar-refractivity contribution >= 4 is 11.6 Å². The van der Waals surface area contributed by atoms with Gasteiger partial charge in [0.05, 0.1) is 6.10 Å². The van der Waals surface area contributed by atoms with E-state index >= 15 is 0 Å². The molecule has 0 spiro atoms. The van der Waals surface area contributed by atoms with Crippen LogP contribution >= 0.6 is 0 Å². The molecule has 1 saturated carbocycles. The number of rotatable bonds is 5. The Morgan fingerprint density at radius 1 is 1.31 bits per heavy atom. The van der Waals surface area contributed by atoms with Crippen LogP contribution < -0.4 is 5.32 Å². The Bertz CT molecular complexity index is 916. The molecule has 4 rings (SSSR count). The number of aliphatic hydroxyl groups excluding tert-OH is 1. The van der Waals surface area contributed by atoms with Crippen molar-refractivity contribution < 1.29 is 9.90 Å². The Balaban J connectivity index is 1.52. The minimum Gasteiger partial charge on any atom is -0.393 e. The van der Waals surface area contributed by atoms with Gasteiger partial charge in [0.1, 0.15) is 11.3 Å². The van der Waals surface area contributed by atoms with E-state index < -0.39 is 0 Å². The average molecular weight is 350 g/mol. The molecule has 0 aromatic carbocycles. The average Bonchev–Trinajstić information content (AvgIpc) is 3.02. The first-order valence-electron chi connectivity index (χ1n) is 8.92. The molecule has 134 valence electrons. The summed E-state index contributed by atoms with van der Waals surface area (Å²) in [6, 6.07) is 9.60. The number of amides is 1. The van der Waals surface area contributed by atoms with Crippen LogP contribution in [0.4, 0.5) is 0 Å². The van der Waals surface area contributed by atoms with E-state index in [-0.39, 0.29) is 24.0 Å². The number of carbonyl (C=O) groups excluding carboxylic acids is 1. The van der Waals surface area contributed by atoms with Gasteiger partial charge in [-0.25, -0.2) is 4.98 Å². The number of pyridine rings is 2. The van der Waals surface area contributed by atoms with Gasteiger partial charge >= 0.3 is 0 Å². The zero-order chi connectivity index (χ0) is 18.1. The highest BCUT2D eigenvalue weighted by molar-refractivity contribution is 5.93. The molecular formula is C20H22N4O2. The number of fused-ring (bicyclic) bond motifs is 1. The molecule has 3 heterocycles. The van der Waals surface area contributed by atoms with Crippen LogP contribution in [0.3, 0.4) is 0 Å². The minimum atomic E-state index is -0.263. The summed E-state index contributed by atoms with van der Waals surface area (Å²) in [5, 5.41) is 12.8. The van der Waals surface area contributed by atoms with E-state index in [1.807, 2.05) is 47.9 Å². The molecule has 0 aliphatic heterocycles. The van der Waals surface area contributed by atoms with Crippen LogP contribution in [-0.4, -0.2) is 37.5 Å². The maximum atomic E-state index is 12.8. The second-order valence-corrected chi connectivity index (χ2v) is 7.09. The first-order chi connectivity index (χ1) is 12.6. The van der Waals surface area contributed by atoms with Crippen molar-refractivity contribution in [2.45, 2.75) is 38.3 Å². The Kier molecular flexibility index (Phi) is 4.42. The second kappa shape index (κ2) is 6.88. The number of aliphatic hydroxyl groups is 1. The minimum absolute atomic E-state index is 0.0626. The molecule has 26 heavy (non-hydrogen) atoms. The van der Waals surface area contributed by atoms with Crippen molar-refractivity contribution in [3.05, 3.63) is 65.9 Å². The molecule has 2 N–H and O–H groups in total. The SMILES string of the molecule is Cc1ccc2nc(C(=O)N[C@H](Cc3ccccn3)C3CC(O)C3)cn2c1. The molecule has 6 nitrogen and oxygen atoms in total. The number of carbonyl (C=O) groups is 1. The molecule has 0 bridgehead atoms. The summed E-state index contributed by atoms with van der Waals surface area (Å²) >= 11 is 0. The van der Waals surface area contributed by atoms with Gasteiger partial charge in [0.25, 0.3) is 5.91 Å². The van der Waals surface area contributed by atoms with Crippen molar-refractivity contribution in [3.63, 3.8) is 0 Å². The van der Waals surface area contributed by atoms with Crippen molar-refractivity contribution in [2.75, 3.05) is 0 Å². The first-order valence-corrected chi connectivity index (χ1v) is 8.92. The van der Waals surface area contributed by atoms with Gasteiger partial charge in [0.15, 0.2) is 0 Å². The first kappa shape index (κ1) is 16.7. The Labute approximate surface area is 151 Å². The van der Waals surface area contributed by atoms with E-state index in [1.54, 1.807) is 12.4 Å². The van der Waals surface area contributed by atoms with Gasteiger partial charge in [0.2, 0.25) is 0 Å². The predicted molar refractivity (Wildman–Crippen MR) is 97.9 cm³/mol. The summed E-state index contributed by atoms with van der Waals surface area (Å²) in [5.74, 6) is 0.0731. The third kappa shape index (κ3) is 3.46. The molecule has 6 heteroatoms. The van der Waals surface area contributed by atoms with Crippen molar-refractivity contribution in [3.8, 4) is 0 Å². The lowest BCUT2D eigenvalue weighted by molar-refractivity contribution is 0.0237. The lowest BCUT2D eigenvalue weighted by Crippen LogP contribution is -2.48. The van der Waals surface area contributed by atoms with Crippen LogP contribution in [0.2, 0.25) is 0 Å². The lowest BCUT2D eigenvalue weighted by atomic mass is 9.76. The number of hydrogen-bond acceptors (Lipinski definition) is 4. The van der Waals surface area contributed by atoms with Crippen LogP contribution in [0.1, 0.15) is 34.6 Å². The maximum absolute atomic E-state index is 12.8. The largest absolute Gasteiger partial charge is 0.393 e. The van der Waals surface area contributed by atoms with E-state index in [0.717, 1.165) is 16.9 Å². The van der Waals surface area contributed by atoms with E-state index in [0.29, 0.717) is 25.0 Å². The Hall–Kier alpha value is -2.73. The monoisotopic (exact) mass is 350 g/mol. The number of hydrogen-bond donors (Lipinski definition) is 2. The van der Waals surface area contributed by atoms with Gasteiger partial charge in [-0.05, 0) is 49.4 Å². The Morgan fingerprint density at radius 2 is 2.15 bits per heavy atom. The van der Waals surface area contributed by atoms with E-state index in [2.05, 4.69) is 15.3 Å². The number of aromatic nitrogens is 3. The third-order valence-corrected chi connectivity index (χ3v) is 5.02. The standard InChI is InChI=1S/C20H22N4O2/c1-13-5-6-19-22-18(12-24(19)11-13)20(26)23-17(14-8-16(25)9-14)10-15-4-2-3-7-21-15/h2-7,11-12,14,16-17,25H,8-10H2,1H3,(H,23,26)/t14?,16?,17-/m1/s1. The van der Waals surface area contributed by atoms with Gasteiger partial charge < -0.3 is 14.8 Å². The summed E-state index contributed by atoms with van der Waals surface area (Å²) in [4.78, 5) is 21.5. The topological polar surface area (TPSA) is 79.5 Å². The predicted octanol–water partition coefficient (Wildman–Crippen LogP) is 2.15. The van der Waals surface area contributed by atoms with Crippen LogP contribution in [0.15, 0.2) is 48.9 Å². The van der Waals surface area contributed by atoms with E-state index in [4.69, 9.17) is 0 Å². The summed E-state index contributed by atoms with van der Waals surface area (Å²) < 4.78 is 1.87. The van der Waals surface area contributed by atoms with Gasteiger partial charge in [-0.3, -0.25) is 9.78 Å². The summed E-state index contributed by atoms with van der Waals surface area (Å²) in [7, 11) is 0. The fourth-order valence-electron chi connectivity index (χ4n) is 3.49. The van der Waals surface area contributed by atoms with Crippen LogP contribution in [-0.2, 0) is 6.42 Å². The molecular weight excluding hydrogens is 328 g/mol. The number of nitrogens with zero attached hydrogens (tertiary/aromatic N) is 3.